The highest BCUT2D eigenvalue weighted by Gasteiger charge is 2.33. The zero-order valence-corrected chi connectivity index (χ0v) is 19.5. The minimum Gasteiger partial charge on any atom is -0.462 e. The Morgan fingerprint density at radius 2 is 2.19 bits per heavy atom. The van der Waals surface area contributed by atoms with Gasteiger partial charge in [-0.05, 0) is 32.4 Å². The lowest BCUT2D eigenvalue weighted by Gasteiger charge is -2.37. The first-order valence-corrected chi connectivity index (χ1v) is 11.5. The molecule has 4 rings (SSSR count). The summed E-state index contributed by atoms with van der Waals surface area (Å²) in [4.78, 5) is 38.6. The van der Waals surface area contributed by atoms with Gasteiger partial charge in [0.25, 0.3) is 5.91 Å². The van der Waals surface area contributed by atoms with Crippen LogP contribution in [0.1, 0.15) is 40.0 Å². The van der Waals surface area contributed by atoms with Crippen molar-refractivity contribution in [3.8, 4) is 0 Å². The second kappa shape index (κ2) is 9.43. The number of methoxy groups -OCH3 is 1. The van der Waals surface area contributed by atoms with Crippen molar-refractivity contribution in [3.63, 3.8) is 0 Å². The number of amides is 1. The van der Waals surface area contributed by atoms with E-state index in [4.69, 9.17) is 26.1 Å². The molecule has 2 atom stereocenters. The van der Waals surface area contributed by atoms with Crippen molar-refractivity contribution in [1.29, 1.82) is 0 Å². The lowest BCUT2D eigenvalue weighted by atomic mass is 10.0. The molecular weight excluding hydrogens is 454 g/mol. The summed E-state index contributed by atoms with van der Waals surface area (Å²) in [5, 5.41) is 4.08. The number of hydrogen-bond donors (Lipinski definition) is 2. The van der Waals surface area contributed by atoms with E-state index in [1.54, 1.807) is 33.1 Å². The maximum atomic E-state index is 12.6. The molecule has 2 N–H and O–H groups in total. The van der Waals surface area contributed by atoms with Gasteiger partial charge in [-0.25, -0.2) is 14.8 Å². The summed E-state index contributed by atoms with van der Waals surface area (Å²) in [6.07, 6.45) is 0.425. The average molecular weight is 478 g/mol. The van der Waals surface area contributed by atoms with E-state index >= 15 is 0 Å². The summed E-state index contributed by atoms with van der Waals surface area (Å²) in [5.41, 5.74) is 1.92. The molecule has 2 aromatic heterocycles. The Kier molecular flexibility index (Phi) is 6.63. The molecule has 1 fully saturated rings. The first-order chi connectivity index (χ1) is 15.4. The summed E-state index contributed by atoms with van der Waals surface area (Å²) >= 11 is 7.41. The van der Waals surface area contributed by atoms with Gasteiger partial charge in [0.1, 0.15) is 0 Å². The molecule has 32 heavy (non-hydrogen) atoms. The zero-order valence-electron chi connectivity index (χ0n) is 18.0. The van der Waals surface area contributed by atoms with Gasteiger partial charge in [0.2, 0.25) is 0 Å². The smallest absolute Gasteiger partial charge is 0.339 e. The number of carbonyl (C=O) groups excluding carboxylic acids is 2. The number of H-pyrrole nitrogens is 1. The fourth-order valence-electron chi connectivity index (χ4n) is 3.72. The molecule has 0 bridgehead atoms. The van der Waals surface area contributed by atoms with E-state index in [0.29, 0.717) is 37.4 Å². The molecule has 3 aromatic rings. The Hall–Kier alpha value is -2.69. The second-order valence-corrected chi connectivity index (χ2v) is 8.80. The number of nitrogens with zero attached hydrogens (tertiary/aromatic N) is 3. The number of carbonyl (C=O) groups is 2. The van der Waals surface area contributed by atoms with Crippen molar-refractivity contribution in [3.05, 3.63) is 40.4 Å². The molecule has 11 heteroatoms. The van der Waals surface area contributed by atoms with Crippen LogP contribution >= 0.6 is 22.9 Å². The fourth-order valence-corrected chi connectivity index (χ4v) is 4.95. The predicted molar refractivity (Wildman–Crippen MR) is 123 cm³/mol. The average Bonchev–Trinajstić information content (AvgIpc) is 3.37. The molecule has 1 saturated heterocycles. The summed E-state index contributed by atoms with van der Waals surface area (Å²) in [6.45, 7) is 5.09. The highest BCUT2D eigenvalue weighted by Crippen LogP contribution is 2.33. The van der Waals surface area contributed by atoms with Crippen molar-refractivity contribution in [2.45, 2.75) is 32.4 Å². The topological polar surface area (TPSA) is 109 Å². The van der Waals surface area contributed by atoms with Crippen LogP contribution in [0.2, 0.25) is 5.15 Å². The summed E-state index contributed by atoms with van der Waals surface area (Å²) in [5.74, 6) is -0.486. The molecular formula is C21H24ClN5O4S. The number of halogens is 1. The van der Waals surface area contributed by atoms with Crippen LogP contribution in [-0.2, 0) is 9.47 Å². The lowest BCUT2D eigenvalue weighted by Crippen LogP contribution is -2.55. The summed E-state index contributed by atoms with van der Waals surface area (Å²) < 4.78 is 11.7. The monoisotopic (exact) mass is 477 g/mol. The fraction of sp³-hybridized carbons (Fsp3) is 0.429. The van der Waals surface area contributed by atoms with E-state index < -0.39 is 0 Å². The number of aromatic nitrogens is 3. The Morgan fingerprint density at radius 3 is 2.88 bits per heavy atom. The van der Waals surface area contributed by atoms with Gasteiger partial charge in [-0.1, -0.05) is 29.0 Å². The molecule has 9 nitrogen and oxygen atoms in total. The number of benzene rings is 1. The van der Waals surface area contributed by atoms with Crippen LogP contribution in [0.4, 0.5) is 5.13 Å². The molecule has 0 aliphatic carbocycles. The second-order valence-electron chi connectivity index (χ2n) is 7.46. The highest BCUT2D eigenvalue weighted by molar-refractivity contribution is 7.22. The van der Waals surface area contributed by atoms with E-state index in [1.807, 2.05) is 6.07 Å². The van der Waals surface area contributed by atoms with Gasteiger partial charge in [-0.2, -0.15) is 0 Å². The molecule has 1 amide bonds. The van der Waals surface area contributed by atoms with Gasteiger partial charge >= 0.3 is 5.97 Å². The Morgan fingerprint density at radius 1 is 1.38 bits per heavy atom. The van der Waals surface area contributed by atoms with E-state index in [1.165, 1.54) is 11.3 Å². The normalized spacial score (nSPS) is 18.7. The van der Waals surface area contributed by atoms with E-state index in [2.05, 4.69) is 20.2 Å². The number of thiazole rings is 1. The van der Waals surface area contributed by atoms with Crippen LogP contribution in [0.5, 0.6) is 0 Å². The van der Waals surface area contributed by atoms with Crippen molar-refractivity contribution in [1.82, 2.24) is 20.3 Å². The molecule has 3 heterocycles. The number of esters is 1. The van der Waals surface area contributed by atoms with Crippen LogP contribution in [0.25, 0.3) is 10.2 Å². The van der Waals surface area contributed by atoms with Crippen LogP contribution in [0, 0.1) is 6.92 Å². The van der Waals surface area contributed by atoms with Crippen LogP contribution < -0.4 is 10.2 Å². The minimum absolute atomic E-state index is 0.183. The molecule has 170 valence electrons. The van der Waals surface area contributed by atoms with E-state index in [9.17, 15) is 9.59 Å². The molecule has 1 aromatic carbocycles. The largest absolute Gasteiger partial charge is 0.462 e. The molecule has 0 saturated carbocycles. The molecule has 1 aliphatic heterocycles. The molecule has 0 radical (unpaired) electrons. The van der Waals surface area contributed by atoms with Crippen LogP contribution in [-0.4, -0.2) is 65.8 Å². The lowest BCUT2D eigenvalue weighted by molar-refractivity contribution is 0.0528. The van der Waals surface area contributed by atoms with Gasteiger partial charge in [0, 0.05) is 20.2 Å². The van der Waals surface area contributed by atoms with E-state index in [-0.39, 0.29) is 35.0 Å². The quantitative estimate of drug-likeness (QED) is 0.524. The van der Waals surface area contributed by atoms with Gasteiger partial charge in [0.05, 0.1) is 40.2 Å². The predicted octanol–water partition coefficient (Wildman–Crippen LogP) is 3.18. The molecule has 0 spiro atoms. The van der Waals surface area contributed by atoms with Gasteiger partial charge < -0.3 is 24.7 Å². The Balaban J connectivity index is 1.49. The van der Waals surface area contributed by atoms with Crippen molar-refractivity contribution in [2.24, 2.45) is 0 Å². The number of anilines is 1. The van der Waals surface area contributed by atoms with Crippen molar-refractivity contribution >= 4 is 50.2 Å². The van der Waals surface area contributed by atoms with Crippen LogP contribution in [0.15, 0.2) is 18.2 Å². The summed E-state index contributed by atoms with van der Waals surface area (Å²) in [6, 6.07) is 5.26. The number of rotatable bonds is 6. The Bertz CT molecular complexity index is 1130. The number of aryl methyl sites for hydroxylation is 1. The summed E-state index contributed by atoms with van der Waals surface area (Å²) in [7, 11) is 1.62. The minimum atomic E-state index is -0.349. The maximum absolute atomic E-state index is 12.6. The third kappa shape index (κ3) is 4.43. The SMILES string of the molecule is CCOC(=O)c1cccc2nc(N3CC[C@@H](NC(=O)c4nc(Cl)c(C)[nH]4)[C@@H](OC)C3)sc12. The Labute approximate surface area is 194 Å². The maximum Gasteiger partial charge on any atom is 0.339 e. The van der Waals surface area contributed by atoms with Gasteiger partial charge in [0.15, 0.2) is 16.1 Å². The third-order valence-corrected chi connectivity index (χ3v) is 6.92. The van der Waals surface area contributed by atoms with Crippen molar-refractivity contribution < 1.29 is 19.1 Å². The zero-order chi connectivity index (χ0) is 22.8. The third-order valence-electron chi connectivity index (χ3n) is 5.39. The molecule has 0 unspecified atom stereocenters. The standard InChI is InChI=1S/C21H24ClN5O4S/c1-4-31-20(29)12-6-5-7-14-16(12)32-21(25-14)27-9-8-13(15(10-27)30-3)24-19(28)18-23-11(2)17(22)26-18/h5-7,13,15H,4,8-10H2,1-3H3,(H,23,26)(H,24,28)/t13-,15+/m1/s1. The number of hydrogen-bond acceptors (Lipinski definition) is 8. The number of nitrogens with one attached hydrogen (secondary N) is 2. The number of piperidine rings is 1. The first-order valence-electron chi connectivity index (χ1n) is 10.3. The van der Waals surface area contributed by atoms with Gasteiger partial charge in [-0.3, -0.25) is 4.79 Å². The number of imidazole rings is 1. The van der Waals surface area contributed by atoms with Gasteiger partial charge in [-0.15, -0.1) is 0 Å². The van der Waals surface area contributed by atoms with Crippen LogP contribution in [0.3, 0.4) is 0 Å². The number of aromatic amines is 1. The highest BCUT2D eigenvalue weighted by atomic mass is 35.5. The first kappa shape index (κ1) is 22.5. The van der Waals surface area contributed by atoms with Crippen molar-refractivity contribution in [2.75, 3.05) is 31.7 Å². The number of fused-ring (bicyclic) bond motifs is 1. The van der Waals surface area contributed by atoms with E-state index in [0.717, 1.165) is 15.3 Å². The number of ether oxygens (including phenoxy) is 2. The molecule has 1 aliphatic rings.